The van der Waals surface area contributed by atoms with E-state index < -0.39 is 6.04 Å². The lowest BCUT2D eigenvalue weighted by molar-refractivity contribution is -0.151. The zero-order valence-electron chi connectivity index (χ0n) is 17.9. The smallest absolute Gasteiger partial charge is 0.245 e. The van der Waals surface area contributed by atoms with Crippen LogP contribution in [0.25, 0.3) is 11.1 Å². The van der Waals surface area contributed by atoms with Gasteiger partial charge in [-0.3, -0.25) is 9.59 Å². The molecule has 2 heterocycles. The van der Waals surface area contributed by atoms with Crippen LogP contribution in [0.2, 0.25) is 0 Å². The van der Waals surface area contributed by atoms with E-state index in [4.69, 9.17) is 0 Å². The number of tetrazole rings is 1. The minimum Gasteiger partial charge on any atom is -0.339 e. The van der Waals surface area contributed by atoms with Crippen LogP contribution in [0.1, 0.15) is 18.9 Å². The van der Waals surface area contributed by atoms with Crippen molar-refractivity contribution in [1.82, 2.24) is 30.0 Å². The van der Waals surface area contributed by atoms with Gasteiger partial charge in [-0.2, -0.15) is 0 Å². The van der Waals surface area contributed by atoms with Crippen LogP contribution >= 0.6 is 0 Å². The van der Waals surface area contributed by atoms with Gasteiger partial charge in [0, 0.05) is 38.0 Å². The number of carbonyl (C=O) groups excluding carboxylic acids is 2. The van der Waals surface area contributed by atoms with E-state index in [9.17, 15) is 14.0 Å². The molecule has 2 aromatic carbocycles. The number of rotatable bonds is 7. The van der Waals surface area contributed by atoms with Crippen LogP contribution in [0, 0.1) is 5.82 Å². The summed E-state index contributed by atoms with van der Waals surface area (Å²) in [4.78, 5) is 29.5. The summed E-state index contributed by atoms with van der Waals surface area (Å²) in [7, 11) is 0. The molecule has 1 aliphatic rings. The fraction of sp³-hybridized carbons (Fsp3) is 0.348. The predicted octanol–water partition coefficient (Wildman–Crippen LogP) is 2.17. The summed E-state index contributed by atoms with van der Waals surface area (Å²) in [6.07, 6.45) is 2.08. The molecule has 8 nitrogen and oxygen atoms in total. The topological polar surface area (TPSA) is 84.2 Å². The van der Waals surface area contributed by atoms with E-state index >= 15 is 0 Å². The van der Waals surface area contributed by atoms with E-state index in [0.717, 1.165) is 11.1 Å². The molecule has 0 unspecified atom stereocenters. The molecule has 2 amide bonds. The Hall–Kier alpha value is -3.62. The highest BCUT2D eigenvalue weighted by Crippen LogP contribution is 2.24. The first-order valence-corrected chi connectivity index (χ1v) is 10.7. The molecule has 0 saturated carbocycles. The molecule has 0 N–H and O–H groups in total. The van der Waals surface area contributed by atoms with E-state index in [0.29, 0.717) is 38.2 Å². The number of hydrogen-bond acceptors (Lipinski definition) is 5. The highest BCUT2D eigenvalue weighted by molar-refractivity contribution is 5.89. The zero-order chi connectivity index (χ0) is 22.5. The highest BCUT2D eigenvalue weighted by atomic mass is 19.1. The molecule has 1 aromatic heterocycles. The Bertz CT molecular complexity index is 1070. The Morgan fingerprint density at radius 3 is 2.59 bits per heavy atom. The van der Waals surface area contributed by atoms with Crippen molar-refractivity contribution in [1.29, 1.82) is 0 Å². The molecule has 0 bridgehead atoms. The Labute approximate surface area is 185 Å². The number of carbonyl (C=O) groups is 2. The highest BCUT2D eigenvalue weighted by Gasteiger charge is 2.36. The van der Waals surface area contributed by atoms with Gasteiger partial charge < -0.3 is 9.80 Å². The third-order valence-electron chi connectivity index (χ3n) is 5.80. The van der Waals surface area contributed by atoms with Gasteiger partial charge in [0.1, 0.15) is 18.2 Å². The van der Waals surface area contributed by atoms with Gasteiger partial charge in [0.15, 0.2) is 0 Å². The van der Waals surface area contributed by atoms with Crippen LogP contribution in [0.5, 0.6) is 0 Å². The van der Waals surface area contributed by atoms with E-state index in [1.807, 2.05) is 31.2 Å². The van der Waals surface area contributed by atoms with E-state index in [1.165, 1.54) is 17.1 Å². The summed E-state index contributed by atoms with van der Waals surface area (Å²) in [6, 6.07) is 13.5. The number of amides is 2. The van der Waals surface area contributed by atoms with Crippen molar-refractivity contribution in [3.8, 4) is 11.1 Å². The molecule has 9 heteroatoms. The second-order valence-electron chi connectivity index (χ2n) is 7.72. The quantitative estimate of drug-likeness (QED) is 0.567. The average Bonchev–Trinajstić information content (AvgIpc) is 3.33. The van der Waals surface area contributed by atoms with Gasteiger partial charge in [-0.1, -0.05) is 42.5 Å². The first-order chi connectivity index (χ1) is 15.6. The Morgan fingerprint density at radius 1 is 1.12 bits per heavy atom. The standard InChI is InChI=1S/C23H25FN6O2/c1-2-28-13-14-30(22(31)11-12-29-16-25-26-27-29)21(23(28)32)15-17-7-9-18(10-8-17)19-5-3-4-6-20(19)24/h3-10,16,21H,2,11-15H2,1H3/t21-/m0/s1. The summed E-state index contributed by atoms with van der Waals surface area (Å²) in [5.41, 5.74) is 2.22. The van der Waals surface area contributed by atoms with E-state index in [1.54, 1.807) is 28.0 Å². The van der Waals surface area contributed by atoms with Crippen molar-refractivity contribution in [3.63, 3.8) is 0 Å². The van der Waals surface area contributed by atoms with Crippen LogP contribution in [-0.4, -0.2) is 67.5 Å². The fourth-order valence-corrected chi connectivity index (χ4v) is 4.02. The largest absolute Gasteiger partial charge is 0.339 e. The molecule has 166 valence electrons. The van der Waals surface area contributed by atoms with Gasteiger partial charge in [0.25, 0.3) is 0 Å². The first-order valence-electron chi connectivity index (χ1n) is 10.7. The number of aryl methyl sites for hydroxylation is 1. The third kappa shape index (κ3) is 4.66. The van der Waals surface area contributed by atoms with Gasteiger partial charge in [-0.25, -0.2) is 9.07 Å². The number of halogens is 1. The zero-order valence-corrected chi connectivity index (χ0v) is 17.9. The fourth-order valence-electron chi connectivity index (χ4n) is 4.02. The second-order valence-corrected chi connectivity index (χ2v) is 7.72. The molecule has 32 heavy (non-hydrogen) atoms. The summed E-state index contributed by atoms with van der Waals surface area (Å²) in [5.74, 6) is -0.425. The van der Waals surface area contributed by atoms with E-state index in [-0.39, 0.29) is 24.1 Å². The van der Waals surface area contributed by atoms with Crippen molar-refractivity contribution < 1.29 is 14.0 Å². The lowest BCUT2D eigenvalue weighted by Gasteiger charge is -2.40. The van der Waals surface area contributed by atoms with Gasteiger partial charge in [0.2, 0.25) is 11.8 Å². The number of likely N-dealkylation sites (N-methyl/N-ethyl adjacent to an activating group) is 1. The van der Waals surface area contributed by atoms with Crippen LogP contribution in [-0.2, 0) is 22.6 Å². The van der Waals surface area contributed by atoms with Crippen LogP contribution in [0.15, 0.2) is 54.9 Å². The van der Waals surface area contributed by atoms with Crippen molar-refractivity contribution in [3.05, 3.63) is 66.2 Å². The maximum Gasteiger partial charge on any atom is 0.245 e. The van der Waals surface area contributed by atoms with Crippen molar-refractivity contribution in [2.45, 2.75) is 32.4 Å². The maximum atomic E-state index is 14.1. The van der Waals surface area contributed by atoms with Crippen molar-refractivity contribution >= 4 is 11.8 Å². The summed E-state index contributed by atoms with van der Waals surface area (Å²) in [6.45, 7) is 3.92. The summed E-state index contributed by atoms with van der Waals surface area (Å²) < 4.78 is 15.6. The number of hydrogen-bond donors (Lipinski definition) is 0. The molecular weight excluding hydrogens is 411 g/mol. The summed E-state index contributed by atoms with van der Waals surface area (Å²) >= 11 is 0. The second kappa shape index (κ2) is 9.67. The Balaban J connectivity index is 1.50. The van der Waals surface area contributed by atoms with Crippen LogP contribution in [0.3, 0.4) is 0 Å². The lowest BCUT2D eigenvalue weighted by atomic mass is 9.97. The number of piperazine rings is 1. The molecule has 3 aromatic rings. The van der Waals surface area contributed by atoms with Gasteiger partial charge in [-0.05, 0) is 34.5 Å². The van der Waals surface area contributed by atoms with Gasteiger partial charge in [0.05, 0.1) is 6.54 Å². The third-order valence-corrected chi connectivity index (χ3v) is 5.80. The van der Waals surface area contributed by atoms with Gasteiger partial charge >= 0.3 is 0 Å². The van der Waals surface area contributed by atoms with Crippen molar-refractivity contribution in [2.75, 3.05) is 19.6 Å². The molecule has 0 spiro atoms. The maximum absolute atomic E-state index is 14.1. The number of benzene rings is 2. The molecule has 1 fully saturated rings. The monoisotopic (exact) mass is 436 g/mol. The molecule has 0 aliphatic carbocycles. The minimum absolute atomic E-state index is 0.0484. The molecule has 1 atom stereocenters. The summed E-state index contributed by atoms with van der Waals surface area (Å²) in [5, 5.41) is 10.9. The number of aromatic nitrogens is 4. The lowest BCUT2D eigenvalue weighted by Crippen LogP contribution is -2.59. The average molecular weight is 436 g/mol. The van der Waals surface area contributed by atoms with Crippen LogP contribution < -0.4 is 0 Å². The van der Waals surface area contributed by atoms with Gasteiger partial charge in [-0.15, -0.1) is 5.10 Å². The predicted molar refractivity (Wildman–Crippen MR) is 116 cm³/mol. The SMILES string of the molecule is CCN1CCN(C(=O)CCn2cnnn2)[C@@H](Cc2ccc(-c3ccccc3F)cc2)C1=O. The van der Waals surface area contributed by atoms with Crippen LogP contribution in [0.4, 0.5) is 4.39 Å². The molecule has 1 saturated heterocycles. The Morgan fingerprint density at radius 2 is 1.91 bits per heavy atom. The van der Waals surface area contributed by atoms with Crippen molar-refractivity contribution in [2.24, 2.45) is 0 Å². The first kappa shape index (κ1) is 21.6. The molecule has 1 aliphatic heterocycles. The molecule has 4 rings (SSSR count). The number of nitrogens with zero attached hydrogens (tertiary/aromatic N) is 6. The van der Waals surface area contributed by atoms with E-state index in [2.05, 4.69) is 15.5 Å². The molecular formula is C23H25FN6O2. The normalized spacial score (nSPS) is 16.4. The molecule has 0 radical (unpaired) electrons. The minimum atomic E-state index is -0.565. The Kier molecular flexibility index (Phi) is 6.53.